The molecule has 2 aliphatic rings. The van der Waals surface area contributed by atoms with Crippen molar-refractivity contribution >= 4 is 44.1 Å². The molecule has 12 heteroatoms. The number of nitrogens with one attached hydrogen (secondary N) is 1. The van der Waals surface area contributed by atoms with E-state index in [-0.39, 0.29) is 22.3 Å². The number of nitrogens with zero attached hydrogens (tertiary/aromatic N) is 3. The average Bonchev–Trinajstić information content (AvgIpc) is 3.29. The van der Waals surface area contributed by atoms with Gasteiger partial charge in [-0.3, -0.25) is 14.4 Å². The van der Waals surface area contributed by atoms with Gasteiger partial charge in [0, 0.05) is 50.1 Å². The van der Waals surface area contributed by atoms with E-state index in [4.69, 9.17) is 4.74 Å². The second kappa shape index (κ2) is 12.6. The number of hydrogen-bond donors (Lipinski definition) is 1. The van der Waals surface area contributed by atoms with Gasteiger partial charge in [-0.1, -0.05) is 13.8 Å². The molecule has 4 rings (SSSR count). The lowest BCUT2D eigenvalue weighted by Gasteiger charge is -2.29. The molecule has 2 aliphatic heterocycles. The molecule has 0 radical (unpaired) electrons. The second-order valence-electron chi connectivity index (χ2n) is 9.69. The van der Waals surface area contributed by atoms with Crippen molar-refractivity contribution in [3.8, 4) is 0 Å². The minimum absolute atomic E-state index is 0.0350. The third kappa shape index (κ3) is 6.34. The van der Waals surface area contributed by atoms with Crippen molar-refractivity contribution in [1.82, 2.24) is 14.1 Å². The Morgan fingerprint density at radius 2 is 1.64 bits per heavy atom. The van der Waals surface area contributed by atoms with Crippen LogP contribution in [0.4, 0.5) is 5.00 Å². The Balaban J connectivity index is 1.60. The lowest BCUT2D eigenvalue weighted by Crippen LogP contribution is -2.41. The highest BCUT2D eigenvalue weighted by atomic mass is 32.2. The van der Waals surface area contributed by atoms with Crippen LogP contribution >= 0.6 is 11.3 Å². The van der Waals surface area contributed by atoms with Gasteiger partial charge in [-0.2, -0.15) is 4.31 Å². The molecule has 0 atom stereocenters. The number of rotatable bonds is 9. The number of anilines is 1. The number of morpholine rings is 1. The van der Waals surface area contributed by atoms with E-state index >= 15 is 0 Å². The lowest BCUT2D eigenvalue weighted by atomic mass is 10.0. The zero-order chi connectivity index (χ0) is 28.2. The summed E-state index contributed by atoms with van der Waals surface area (Å²) >= 11 is 1.31. The largest absolute Gasteiger partial charge is 0.378 e. The van der Waals surface area contributed by atoms with Gasteiger partial charge in [-0.05, 0) is 49.1 Å². The van der Waals surface area contributed by atoms with Crippen molar-refractivity contribution in [3.05, 3.63) is 45.8 Å². The van der Waals surface area contributed by atoms with Crippen molar-refractivity contribution in [2.24, 2.45) is 0 Å². The summed E-state index contributed by atoms with van der Waals surface area (Å²) in [5.41, 5.74) is 1.63. The predicted octanol–water partition coefficient (Wildman–Crippen LogP) is 3.19. The molecular formula is C27H36N4O6S2. The minimum Gasteiger partial charge on any atom is -0.378 e. The molecule has 0 aliphatic carbocycles. The molecule has 10 nitrogen and oxygen atoms in total. The van der Waals surface area contributed by atoms with E-state index in [9.17, 15) is 22.8 Å². The minimum atomic E-state index is -3.66. The smallest absolute Gasteiger partial charge is 0.257 e. The average molecular weight is 577 g/mol. The number of benzene rings is 1. The summed E-state index contributed by atoms with van der Waals surface area (Å²) in [5.74, 6) is -0.626. The van der Waals surface area contributed by atoms with Gasteiger partial charge in [0.05, 0.1) is 30.2 Å². The molecule has 1 saturated heterocycles. The van der Waals surface area contributed by atoms with E-state index in [1.54, 1.807) is 9.80 Å². The van der Waals surface area contributed by atoms with Crippen LogP contribution in [0.3, 0.4) is 0 Å². The van der Waals surface area contributed by atoms with E-state index in [1.165, 1.54) is 46.8 Å². The molecule has 1 N–H and O–H groups in total. The molecule has 39 heavy (non-hydrogen) atoms. The van der Waals surface area contributed by atoms with E-state index in [0.29, 0.717) is 82.3 Å². The van der Waals surface area contributed by atoms with Crippen LogP contribution < -0.4 is 5.32 Å². The van der Waals surface area contributed by atoms with Crippen LogP contribution in [0.1, 0.15) is 64.8 Å². The SMILES string of the molecule is CCCN(CCC)S(=O)(=O)c1ccc(C(=O)Nc2sc3c(c2C(=O)N2CCOCC2)CCN(C(C)=O)C3)cc1. The monoisotopic (exact) mass is 576 g/mol. The number of fused-ring (bicyclic) bond motifs is 1. The summed E-state index contributed by atoms with van der Waals surface area (Å²) in [4.78, 5) is 43.3. The Labute approximate surface area is 234 Å². The van der Waals surface area contributed by atoms with Crippen LogP contribution in [0.15, 0.2) is 29.2 Å². The second-order valence-corrected chi connectivity index (χ2v) is 12.7. The van der Waals surface area contributed by atoms with Crippen molar-refractivity contribution in [2.75, 3.05) is 51.3 Å². The van der Waals surface area contributed by atoms with E-state index in [2.05, 4.69) is 5.32 Å². The normalized spacial score (nSPS) is 15.8. The van der Waals surface area contributed by atoms with Gasteiger partial charge in [0.2, 0.25) is 15.9 Å². The summed E-state index contributed by atoms with van der Waals surface area (Å²) in [6.07, 6.45) is 1.95. The summed E-state index contributed by atoms with van der Waals surface area (Å²) in [7, 11) is -3.66. The topological polar surface area (TPSA) is 116 Å². The molecule has 1 fully saturated rings. The third-order valence-electron chi connectivity index (χ3n) is 6.94. The van der Waals surface area contributed by atoms with Gasteiger partial charge in [0.15, 0.2) is 0 Å². The standard InChI is InChI=1S/C27H36N4O6S2/c1-4-11-31(12-5-2)39(35,36)21-8-6-20(7-9-21)25(33)28-26-24(27(34)29-14-16-37-17-15-29)22-10-13-30(19(3)32)18-23(22)38-26/h6-9H,4-5,10-18H2,1-3H3,(H,28,33). The van der Waals surface area contributed by atoms with Crippen LogP contribution in [-0.2, 0) is 32.5 Å². The summed E-state index contributed by atoms with van der Waals surface area (Å²) in [5, 5.41) is 3.35. The van der Waals surface area contributed by atoms with Crippen LogP contribution in [0.25, 0.3) is 0 Å². The lowest BCUT2D eigenvalue weighted by molar-refractivity contribution is -0.129. The number of carbonyl (C=O) groups excluding carboxylic acids is 3. The number of amides is 3. The van der Waals surface area contributed by atoms with Crippen molar-refractivity contribution in [3.63, 3.8) is 0 Å². The molecule has 3 amide bonds. The van der Waals surface area contributed by atoms with Gasteiger partial charge in [-0.15, -0.1) is 11.3 Å². The van der Waals surface area contributed by atoms with Gasteiger partial charge in [0.1, 0.15) is 5.00 Å². The highest BCUT2D eigenvalue weighted by Gasteiger charge is 2.32. The molecule has 1 aromatic heterocycles. The zero-order valence-corrected chi connectivity index (χ0v) is 24.3. The number of ether oxygens (including phenoxy) is 1. The van der Waals surface area contributed by atoms with Gasteiger partial charge >= 0.3 is 0 Å². The fourth-order valence-electron chi connectivity index (χ4n) is 4.86. The fourth-order valence-corrected chi connectivity index (χ4v) is 7.74. The fraction of sp³-hybridized carbons (Fsp3) is 0.519. The van der Waals surface area contributed by atoms with E-state index < -0.39 is 15.9 Å². The first-order valence-corrected chi connectivity index (χ1v) is 15.6. The molecule has 212 valence electrons. The molecule has 0 bridgehead atoms. The Hall–Kier alpha value is -2.80. The maximum atomic E-state index is 13.6. The van der Waals surface area contributed by atoms with Gasteiger partial charge in [-0.25, -0.2) is 8.42 Å². The zero-order valence-electron chi connectivity index (χ0n) is 22.7. The van der Waals surface area contributed by atoms with Crippen molar-refractivity contribution < 1.29 is 27.5 Å². The van der Waals surface area contributed by atoms with Crippen LogP contribution in [-0.4, -0.2) is 86.2 Å². The summed E-state index contributed by atoms with van der Waals surface area (Å²) in [6, 6.07) is 5.89. The molecule has 0 unspecified atom stereocenters. The summed E-state index contributed by atoms with van der Waals surface area (Å²) in [6.45, 7) is 9.03. The molecule has 0 spiro atoms. The molecule has 2 aromatic rings. The van der Waals surface area contributed by atoms with E-state index in [0.717, 1.165) is 10.4 Å². The van der Waals surface area contributed by atoms with Gasteiger partial charge < -0.3 is 19.9 Å². The Kier molecular flexibility index (Phi) is 9.42. The van der Waals surface area contributed by atoms with Crippen molar-refractivity contribution in [2.45, 2.75) is 51.5 Å². The van der Waals surface area contributed by atoms with Crippen LogP contribution in [0.2, 0.25) is 0 Å². The number of carbonyl (C=O) groups is 3. The number of sulfonamides is 1. The maximum absolute atomic E-state index is 13.6. The van der Waals surface area contributed by atoms with Gasteiger partial charge in [0.25, 0.3) is 11.8 Å². The molecular weight excluding hydrogens is 540 g/mol. The first kappa shape index (κ1) is 29.2. The number of hydrogen-bond acceptors (Lipinski definition) is 7. The van der Waals surface area contributed by atoms with Crippen LogP contribution in [0.5, 0.6) is 0 Å². The Morgan fingerprint density at radius 1 is 1.00 bits per heavy atom. The highest BCUT2D eigenvalue weighted by Crippen LogP contribution is 2.38. The maximum Gasteiger partial charge on any atom is 0.257 e. The Bertz CT molecular complexity index is 1310. The third-order valence-corrected chi connectivity index (χ3v) is 9.99. The molecule has 0 saturated carbocycles. The highest BCUT2D eigenvalue weighted by molar-refractivity contribution is 7.89. The number of thiophene rings is 1. The van der Waals surface area contributed by atoms with Crippen molar-refractivity contribution in [1.29, 1.82) is 0 Å². The summed E-state index contributed by atoms with van der Waals surface area (Å²) < 4.78 is 33.0. The van der Waals surface area contributed by atoms with E-state index in [1.807, 2.05) is 13.8 Å². The Morgan fingerprint density at radius 3 is 2.23 bits per heavy atom. The first-order chi connectivity index (χ1) is 18.7. The first-order valence-electron chi connectivity index (χ1n) is 13.4. The molecule has 3 heterocycles. The quantitative estimate of drug-likeness (QED) is 0.490. The molecule has 1 aromatic carbocycles. The predicted molar refractivity (Wildman–Crippen MR) is 150 cm³/mol. The van der Waals surface area contributed by atoms with Crippen LogP contribution in [0, 0.1) is 0 Å².